The van der Waals surface area contributed by atoms with E-state index >= 15 is 0 Å². The Bertz CT molecular complexity index is 1430. The van der Waals surface area contributed by atoms with E-state index in [9.17, 15) is 14.0 Å². The zero-order valence-electron chi connectivity index (χ0n) is 20.2. The van der Waals surface area contributed by atoms with Gasteiger partial charge in [-0.2, -0.15) is 0 Å². The van der Waals surface area contributed by atoms with Crippen LogP contribution in [-0.4, -0.2) is 37.1 Å². The van der Waals surface area contributed by atoms with Gasteiger partial charge in [0.2, 0.25) is 0 Å². The summed E-state index contributed by atoms with van der Waals surface area (Å²) in [6.45, 7) is 5.14. The summed E-state index contributed by atoms with van der Waals surface area (Å²) in [7, 11) is 0. The molecule has 2 aliphatic rings. The van der Waals surface area contributed by atoms with Crippen LogP contribution in [0.1, 0.15) is 49.3 Å². The number of aromatic nitrogens is 2. The van der Waals surface area contributed by atoms with Crippen molar-refractivity contribution >= 4 is 51.7 Å². The van der Waals surface area contributed by atoms with Gasteiger partial charge in [-0.15, -0.1) is 0 Å². The predicted octanol–water partition coefficient (Wildman–Crippen LogP) is 5.31. The number of thioether (sulfide) groups is 1. The van der Waals surface area contributed by atoms with Gasteiger partial charge in [0.25, 0.3) is 11.5 Å². The van der Waals surface area contributed by atoms with Crippen molar-refractivity contribution in [2.75, 3.05) is 11.4 Å². The minimum atomic E-state index is -0.334. The molecule has 2 fully saturated rings. The molecule has 0 N–H and O–H groups in total. The number of benzene rings is 1. The van der Waals surface area contributed by atoms with Crippen LogP contribution in [0.15, 0.2) is 52.3 Å². The minimum absolute atomic E-state index is 0.206. The third-order valence-electron chi connectivity index (χ3n) is 6.76. The maximum Gasteiger partial charge on any atom is 0.267 e. The molecule has 2 aromatic heterocycles. The Morgan fingerprint density at radius 3 is 2.69 bits per heavy atom. The summed E-state index contributed by atoms with van der Waals surface area (Å²) in [5.41, 5.74) is 2.50. The molecule has 0 bridgehead atoms. The number of amides is 1. The second kappa shape index (κ2) is 10.1. The lowest BCUT2D eigenvalue weighted by molar-refractivity contribution is -0.122. The number of thiocarbonyl (C=S) groups is 1. The summed E-state index contributed by atoms with van der Waals surface area (Å²) in [6, 6.07) is 10.1. The second-order valence-electron chi connectivity index (χ2n) is 9.23. The summed E-state index contributed by atoms with van der Waals surface area (Å²) in [4.78, 5) is 36.2. The van der Waals surface area contributed by atoms with Gasteiger partial charge in [-0.05, 0) is 68.0 Å². The third kappa shape index (κ3) is 4.69. The number of hydrogen-bond acceptors (Lipinski definition) is 6. The van der Waals surface area contributed by atoms with Crippen LogP contribution < -0.4 is 10.5 Å². The van der Waals surface area contributed by atoms with Gasteiger partial charge >= 0.3 is 0 Å². The Kier molecular flexibility index (Phi) is 6.94. The number of fused-ring (bicyclic) bond motifs is 1. The number of piperidine rings is 1. The van der Waals surface area contributed by atoms with Gasteiger partial charge in [-0.3, -0.25) is 18.9 Å². The Hall–Kier alpha value is -3.04. The lowest BCUT2D eigenvalue weighted by Crippen LogP contribution is -2.41. The lowest BCUT2D eigenvalue weighted by atomic mass is 9.99. The summed E-state index contributed by atoms with van der Waals surface area (Å²) in [5, 5.41) is 0. The summed E-state index contributed by atoms with van der Waals surface area (Å²) >= 11 is 6.68. The van der Waals surface area contributed by atoms with Crippen molar-refractivity contribution in [1.82, 2.24) is 14.3 Å². The van der Waals surface area contributed by atoms with Crippen LogP contribution in [0.3, 0.4) is 0 Å². The Labute approximate surface area is 218 Å². The van der Waals surface area contributed by atoms with Crippen LogP contribution in [0.5, 0.6) is 0 Å². The maximum absolute atomic E-state index is 13.8. The third-order valence-corrected chi connectivity index (χ3v) is 8.14. The van der Waals surface area contributed by atoms with Crippen molar-refractivity contribution in [2.45, 2.75) is 52.1 Å². The molecule has 186 valence electrons. The molecule has 0 radical (unpaired) electrons. The van der Waals surface area contributed by atoms with Gasteiger partial charge in [0.1, 0.15) is 21.6 Å². The van der Waals surface area contributed by atoms with Gasteiger partial charge in [0, 0.05) is 18.8 Å². The molecule has 0 saturated carbocycles. The highest BCUT2D eigenvalue weighted by molar-refractivity contribution is 8.26. The van der Waals surface area contributed by atoms with E-state index < -0.39 is 0 Å². The smallest absolute Gasteiger partial charge is 0.267 e. The zero-order chi connectivity index (χ0) is 25.4. The highest BCUT2D eigenvalue weighted by atomic mass is 32.2. The van der Waals surface area contributed by atoms with E-state index in [1.54, 1.807) is 28.8 Å². The lowest BCUT2D eigenvalue weighted by Gasteiger charge is -2.37. The molecule has 1 atom stereocenters. The molecule has 2 aliphatic heterocycles. The number of anilines is 1. The van der Waals surface area contributed by atoms with E-state index in [1.165, 1.54) is 28.8 Å². The number of carbonyl (C=O) groups excluding carboxylic acids is 1. The van der Waals surface area contributed by atoms with Crippen LogP contribution in [0.4, 0.5) is 10.2 Å². The fourth-order valence-electron chi connectivity index (χ4n) is 4.84. The van der Waals surface area contributed by atoms with Crippen molar-refractivity contribution in [1.29, 1.82) is 0 Å². The summed E-state index contributed by atoms with van der Waals surface area (Å²) in [6.07, 6.45) is 7.62. The highest BCUT2D eigenvalue weighted by Crippen LogP contribution is 2.35. The van der Waals surface area contributed by atoms with Gasteiger partial charge in [0.05, 0.1) is 17.0 Å². The van der Waals surface area contributed by atoms with Crippen molar-refractivity contribution in [3.05, 3.63) is 80.4 Å². The molecular weight excluding hydrogens is 495 g/mol. The topological polar surface area (TPSA) is 57.9 Å². The highest BCUT2D eigenvalue weighted by Gasteiger charge is 2.33. The SMILES string of the molecule is CCC1CCCCN1c1nc2ccc(C)cn2c(=O)c1C=C1SC(=S)N(Cc2ccc(F)cc2)C1=O. The summed E-state index contributed by atoms with van der Waals surface area (Å²) < 4.78 is 15.3. The first-order valence-electron chi connectivity index (χ1n) is 12.1. The number of aryl methyl sites for hydroxylation is 1. The predicted molar refractivity (Wildman–Crippen MR) is 147 cm³/mol. The first kappa shape index (κ1) is 24.6. The minimum Gasteiger partial charge on any atom is -0.353 e. The standard InChI is InChI=1S/C27H27FN4O2S2/c1-3-20-6-4-5-13-30(20)24-21(25(33)31-15-17(2)7-12-23(31)29-24)14-22-26(34)32(27(35)36-22)16-18-8-10-19(28)11-9-18/h7-12,14-15,20H,3-6,13,16H2,1-2H3. The van der Waals surface area contributed by atoms with Crippen LogP contribution in [0.2, 0.25) is 0 Å². The van der Waals surface area contributed by atoms with Gasteiger partial charge in [0.15, 0.2) is 0 Å². The van der Waals surface area contributed by atoms with Crippen LogP contribution >= 0.6 is 24.0 Å². The van der Waals surface area contributed by atoms with Crippen molar-refractivity contribution in [3.63, 3.8) is 0 Å². The molecule has 5 rings (SSSR count). The van der Waals surface area contributed by atoms with Crippen molar-refractivity contribution in [3.8, 4) is 0 Å². The first-order chi connectivity index (χ1) is 17.4. The van der Waals surface area contributed by atoms with E-state index in [0.717, 1.165) is 43.4 Å². The molecular formula is C27H27FN4O2S2. The van der Waals surface area contributed by atoms with Gasteiger partial charge < -0.3 is 4.90 Å². The molecule has 4 heterocycles. The molecule has 1 unspecified atom stereocenters. The average molecular weight is 523 g/mol. The largest absolute Gasteiger partial charge is 0.353 e. The number of hydrogen-bond donors (Lipinski definition) is 0. The Balaban J connectivity index is 1.59. The van der Waals surface area contributed by atoms with E-state index in [0.29, 0.717) is 32.3 Å². The van der Waals surface area contributed by atoms with Gasteiger partial charge in [-0.25, -0.2) is 9.37 Å². The van der Waals surface area contributed by atoms with Crippen LogP contribution in [-0.2, 0) is 11.3 Å². The fraction of sp³-hybridized carbons (Fsp3) is 0.333. The molecule has 1 amide bonds. The van der Waals surface area contributed by atoms with Gasteiger partial charge in [-0.1, -0.05) is 49.1 Å². The van der Waals surface area contributed by atoms with Crippen LogP contribution in [0.25, 0.3) is 11.7 Å². The van der Waals surface area contributed by atoms with E-state index in [4.69, 9.17) is 17.2 Å². The van der Waals surface area contributed by atoms with Crippen molar-refractivity contribution in [2.24, 2.45) is 0 Å². The van der Waals surface area contributed by atoms with Crippen LogP contribution in [0, 0.1) is 12.7 Å². The molecule has 0 aliphatic carbocycles. The van der Waals surface area contributed by atoms with E-state index in [2.05, 4.69) is 11.8 Å². The monoisotopic (exact) mass is 522 g/mol. The molecule has 36 heavy (non-hydrogen) atoms. The molecule has 0 spiro atoms. The quantitative estimate of drug-likeness (QED) is 0.334. The van der Waals surface area contributed by atoms with E-state index in [1.807, 2.05) is 19.1 Å². The maximum atomic E-state index is 13.8. The first-order valence-corrected chi connectivity index (χ1v) is 13.4. The summed E-state index contributed by atoms with van der Waals surface area (Å²) in [5.74, 6) is 0.0260. The Morgan fingerprint density at radius 1 is 1.17 bits per heavy atom. The molecule has 2 saturated heterocycles. The normalized spacial score (nSPS) is 19.6. The fourth-order valence-corrected chi connectivity index (χ4v) is 6.07. The number of nitrogens with zero attached hydrogens (tertiary/aromatic N) is 4. The second-order valence-corrected chi connectivity index (χ2v) is 10.9. The number of carbonyl (C=O) groups is 1. The average Bonchev–Trinajstić information content (AvgIpc) is 3.14. The Morgan fingerprint density at radius 2 is 1.94 bits per heavy atom. The zero-order valence-corrected chi connectivity index (χ0v) is 21.9. The van der Waals surface area contributed by atoms with E-state index in [-0.39, 0.29) is 23.8 Å². The number of rotatable bonds is 5. The molecule has 6 nitrogen and oxygen atoms in total. The molecule has 1 aromatic carbocycles. The molecule has 3 aromatic rings. The van der Waals surface area contributed by atoms with Crippen molar-refractivity contribution < 1.29 is 9.18 Å². The number of pyridine rings is 1. The molecule has 9 heteroatoms. The number of halogens is 1.